The van der Waals surface area contributed by atoms with Crippen molar-refractivity contribution in [1.82, 2.24) is 15.2 Å². The van der Waals surface area contributed by atoms with E-state index in [1.54, 1.807) is 36.5 Å². The van der Waals surface area contributed by atoms with Crippen molar-refractivity contribution >= 4 is 34.6 Å². The van der Waals surface area contributed by atoms with Gasteiger partial charge in [0.25, 0.3) is 5.69 Å². The maximum absolute atomic E-state index is 12.7. The van der Waals surface area contributed by atoms with Crippen molar-refractivity contribution in [3.8, 4) is 11.3 Å². The molecule has 0 unspecified atom stereocenters. The van der Waals surface area contributed by atoms with Gasteiger partial charge in [-0.25, -0.2) is 0 Å². The minimum absolute atomic E-state index is 0.0422. The molecule has 192 valence electrons. The lowest BCUT2D eigenvalue weighted by atomic mass is 10.0. The molecule has 5 rings (SSSR count). The highest BCUT2D eigenvalue weighted by atomic mass is 32.1. The minimum Gasteiger partial charge on any atom is -0.459 e. The summed E-state index contributed by atoms with van der Waals surface area (Å²) >= 11 is 5.67. The number of thiocarbonyl (C=S) groups is 1. The maximum Gasteiger partial charge on any atom is 0.280 e. The molecule has 0 radical (unpaired) electrons. The molecule has 3 heterocycles. The minimum atomic E-state index is -0.431. The summed E-state index contributed by atoms with van der Waals surface area (Å²) in [5, 5.41) is 18.3. The fourth-order valence-corrected chi connectivity index (χ4v) is 4.87. The van der Waals surface area contributed by atoms with Gasteiger partial charge in [-0.1, -0.05) is 35.9 Å². The number of hydrogen-bond acceptors (Lipinski definition) is 6. The predicted octanol–water partition coefficient (Wildman–Crippen LogP) is 5.56. The van der Waals surface area contributed by atoms with Crippen molar-refractivity contribution in [3.63, 3.8) is 0 Å². The average molecular weight is 528 g/mol. The summed E-state index contributed by atoms with van der Waals surface area (Å²) in [6.07, 6.45) is 1.90. The fourth-order valence-electron chi connectivity index (χ4n) is 4.54. The molecule has 0 spiro atoms. The van der Waals surface area contributed by atoms with Crippen LogP contribution in [0.15, 0.2) is 89.5 Å². The van der Waals surface area contributed by atoms with Gasteiger partial charge in [0.2, 0.25) is 5.91 Å². The second-order valence-electron chi connectivity index (χ2n) is 8.96. The van der Waals surface area contributed by atoms with E-state index in [1.165, 1.54) is 6.07 Å². The third-order valence-electron chi connectivity index (χ3n) is 6.40. The van der Waals surface area contributed by atoms with E-state index in [1.807, 2.05) is 54.3 Å². The molecule has 0 aliphatic carbocycles. The molecule has 1 amide bonds. The van der Waals surface area contributed by atoms with E-state index in [2.05, 4.69) is 15.6 Å². The number of carbonyl (C=O) groups is 1. The number of nitrogens with one attached hydrogen (secondary N) is 2. The van der Waals surface area contributed by atoms with Crippen LogP contribution in [0.25, 0.3) is 11.3 Å². The fraction of sp³-hybridized carbons (Fsp3) is 0.179. The molecule has 2 aromatic heterocycles. The zero-order valence-corrected chi connectivity index (χ0v) is 21.4. The van der Waals surface area contributed by atoms with Crippen LogP contribution in [0, 0.1) is 17.0 Å². The summed E-state index contributed by atoms with van der Waals surface area (Å²) in [6, 6.07) is 22.4. The highest BCUT2D eigenvalue weighted by Gasteiger charge is 2.41. The lowest BCUT2D eigenvalue weighted by Gasteiger charge is -2.25. The number of carbonyl (C=O) groups excluding carboxylic acids is 1. The van der Waals surface area contributed by atoms with Crippen LogP contribution in [0.2, 0.25) is 0 Å². The van der Waals surface area contributed by atoms with Crippen LogP contribution in [-0.4, -0.2) is 32.4 Å². The third kappa shape index (κ3) is 5.25. The van der Waals surface area contributed by atoms with Gasteiger partial charge in [-0.2, -0.15) is 0 Å². The summed E-state index contributed by atoms with van der Waals surface area (Å²) in [7, 11) is 0. The van der Waals surface area contributed by atoms with Gasteiger partial charge < -0.3 is 20.0 Å². The van der Waals surface area contributed by atoms with E-state index in [9.17, 15) is 14.9 Å². The Kier molecular flexibility index (Phi) is 7.14. The molecule has 2 N–H and O–H groups in total. The van der Waals surface area contributed by atoms with Gasteiger partial charge >= 0.3 is 0 Å². The van der Waals surface area contributed by atoms with Crippen LogP contribution in [0.5, 0.6) is 0 Å². The summed E-state index contributed by atoms with van der Waals surface area (Å²) in [4.78, 5) is 30.3. The van der Waals surface area contributed by atoms with E-state index in [-0.39, 0.29) is 24.1 Å². The number of aromatic nitrogens is 1. The molecule has 0 saturated carbocycles. The molecule has 1 aliphatic rings. The number of aryl methyl sites for hydroxylation is 1. The highest BCUT2D eigenvalue weighted by molar-refractivity contribution is 7.80. The van der Waals surface area contributed by atoms with E-state index in [0.29, 0.717) is 28.7 Å². The quantitative estimate of drug-likeness (QED) is 0.174. The largest absolute Gasteiger partial charge is 0.459 e. The second kappa shape index (κ2) is 10.8. The van der Waals surface area contributed by atoms with Crippen molar-refractivity contribution in [3.05, 3.63) is 112 Å². The number of furan rings is 1. The molecular weight excluding hydrogens is 502 g/mol. The van der Waals surface area contributed by atoms with Crippen molar-refractivity contribution < 1.29 is 14.1 Å². The van der Waals surface area contributed by atoms with Crippen molar-refractivity contribution in [2.45, 2.75) is 25.4 Å². The zero-order valence-electron chi connectivity index (χ0n) is 20.5. The van der Waals surface area contributed by atoms with Crippen LogP contribution in [0.3, 0.4) is 0 Å². The second-order valence-corrected chi connectivity index (χ2v) is 9.35. The summed E-state index contributed by atoms with van der Waals surface area (Å²) in [6.45, 7) is 2.32. The number of anilines is 1. The Morgan fingerprint density at radius 3 is 2.61 bits per heavy atom. The Morgan fingerprint density at radius 1 is 1.11 bits per heavy atom. The number of benzene rings is 2. The molecule has 38 heavy (non-hydrogen) atoms. The number of nitro groups is 1. The van der Waals surface area contributed by atoms with Crippen molar-refractivity contribution in [2.24, 2.45) is 0 Å². The third-order valence-corrected chi connectivity index (χ3v) is 6.75. The normalized spacial score (nSPS) is 16.8. The molecule has 10 heteroatoms. The van der Waals surface area contributed by atoms with Gasteiger partial charge in [0.15, 0.2) is 5.11 Å². The van der Waals surface area contributed by atoms with E-state index in [4.69, 9.17) is 16.6 Å². The Bertz CT molecular complexity index is 1470. The lowest BCUT2D eigenvalue weighted by molar-refractivity contribution is -0.384. The monoisotopic (exact) mass is 527 g/mol. The molecule has 1 saturated heterocycles. The summed E-state index contributed by atoms with van der Waals surface area (Å²) < 4.78 is 6.21. The number of hydrogen-bond donors (Lipinski definition) is 2. The molecular formula is C28H25N5O4S. The van der Waals surface area contributed by atoms with Crippen molar-refractivity contribution in [1.29, 1.82) is 0 Å². The molecule has 1 fully saturated rings. The first-order valence-corrected chi connectivity index (χ1v) is 12.5. The van der Waals surface area contributed by atoms with Gasteiger partial charge in [-0.3, -0.25) is 19.9 Å². The number of para-hydroxylation sites is 1. The highest BCUT2D eigenvalue weighted by Crippen LogP contribution is 2.41. The molecule has 0 bridgehead atoms. The Morgan fingerprint density at radius 2 is 1.87 bits per heavy atom. The molecule has 2 atom stereocenters. The molecule has 1 aliphatic heterocycles. The van der Waals surface area contributed by atoms with Crippen molar-refractivity contribution in [2.75, 3.05) is 11.9 Å². The van der Waals surface area contributed by atoms with Gasteiger partial charge in [-0.15, -0.1) is 0 Å². The Labute approximate surface area is 224 Å². The van der Waals surface area contributed by atoms with Gasteiger partial charge in [-0.05, 0) is 61.6 Å². The average Bonchev–Trinajstić information content (AvgIpc) is 3.53. The topological polar surface area (TPSA) is 114 Å². The number of nitrogens with zero attached hydrogens (tertiary/aromatic N) is 3. The first-order chi connectivity index (χ1) is 18.4. The van der Waals surface area contributed by atoms with E-state index in [0.717, 1.165) is 16.9 Å². The van der Waals surface area contributed by atoms with Crippen LogP contribution in [0.1, 0.15) is 35.5 Å². The lowest BCUT2D eigenvalue weighted by Crippen LogP contribution is -2.32. The smallest absolute Gasteiger partial charge is 0.280 e. The van der Waals surface area contributed by atoms with E-state index >= 15 is 0 Å². The number of nitro benzene ring substituents is 1. The summed E-state index contributed by atoms with van der Waals surface area (Å²) in [5.41, 5.74) is 2.94. The number of pyridine rings is 1. The van der Waals surface area contributed by atoms with Crippen LogP contribution >= 0.6 is 12.2 Å². The van der Waals surface area contributed by atoms with Crippen LogP contribution in [-0.2, 0) is 4.79 Å². The van der Waals surface area contributed by atoms with Gasteiger partial charge in [0.05, 0.1) is 22.2 Å². The zero-order chi connectivity index (χ0) is 26.6. The van der Waals surface area contributed by atoms with Gasteiger partial charge in [0.1, 0.15) is 17.6 Å². The molecule has 4 aromatic rings. The standard InChI is InChI=1S/C28H25N5O4S/c1-18-9-11-19(12-10-18)30-25(34)15-17-32-27(26(31-28(32)38)21-7-4-5-16-29-21)24-14-13-23(37-24)20-6-2-3-8-22(20)33(35)36/h2-14,16,26-27H,15,17H2,1H3,(H,30,34)(H,31,38)/t26-,27+/m0/s1. The Balaban J connectivity index is 1.42. The SMILES string of the molecule is Cc1ccc(NC(=O)CCN2C(=S)N[C@@H](c3ccccn3)[C@H]2c2ccc(-c3ccccc3[N+](=O)[O-])o2)cc1. The summed E-state index contributed by atoms with van der Waals surface area (Å²) in [5.74, 6) is 0.791. The Hall–Kier alpha value is -4.57. The molecule has 2 aromatic carbocycles. The maximum atomic E-state index is 12.7. The molecule has 9 nitrogen and oxygen atoms in total. The predicted molar refractivity (Wildman–Crippen MR) is 147 cm³/mol. The number of rotatable bonds is 8. The van der Waals surface area contributed by atoms with E-state index < -0.39 is 11.0 Å². The van der Waals surface area contributed by atoms with Gasteiger partial charge in [0, 0.05) is 30.9 Å². The first kappa shape index (κ1) is 25.1. The van der Waals surface area contributed by atoms with Crippen LogP contribution < -0.4 is 10.6 Å². The van der Waals surface area contributed by atoms with Crippen LogP contribution in [0.4, 0.5) is 11.4 Å². The number of amides is 1. The first-order valence-electron chi connectivity index (χ1n) is 12.1.